The molecule has 0 aliphatic heterocycles. The van der Waals surface area contributed by atoms with E-state index in [4.69, 9.17) is 9.72 Å². The lowest BCUT2D eigenvalue weighted by Gasteiger charge is -2.20. The van der Waals surface area contributed by atoms with Gasteiger partial charge in [-0.2, -0.15) is 0 Å². The molecule has 1 amide bonds. The van der Waals surface area contributed by atoms with Crippen molar-refractivity contribution < 1.29 is 9.53 Å². The van der Waals surface area contributed by atoms with Crippen LogP contribution in [0.25, 0.3) is 21.8 Å². The number of hydrogen-bond acceptors (Lipinski definition) is 5. The normalized spacial score (nSPS) is 11.2. The molecule has 2 heterocycles. The Morgan fingerprint density at radius 2 is 2.04 bits per heavy atom. The van der Waals surface area contributed by atoms with Gasteiger partial charge in [-0.3, -0.25) is 10.3 Å². The summed E-state index contributed by atoms with van der Waals surface area (Å²) in [6, 6.07) is 9.63. The molecule has 3 rings (SSSR count). The second-order valence-electron chi connectivity index (χ2n) is 6.94. The number of rotatable bonds is 3. The first-order chi connectivity index (χ1) is 12.3. The monoisotopic (exact) mass is 367 g/mol. The highest BCUT2D eigenvalue weighted by Gasteiger charge is 2.17. The summed E-state index contributed by atoms with van der Waals surface area (Å²) >= 11 is 1.57. The van der Waals surface area contributed by atoms with Crippen molar-refractivity contribution in [3.8, 4) is 21.8 Å². The standard InChI is InChI=1S/C20H21N3O2S/c1-13-7-8-15(22-19(24)25-20(2,3)4)10-16(13)18-23-17(12-26-18)14-6-5-9-21-11-14/h5-12H,1-4H3,(H,22,24). The summed E-state index contributed by atoms with van der Waals surface area (Å²) < 4.78 is 5.31. The van der Waals surface area contributed by atoms with Crippen LogP contribution in [0.2, 0.25) is 0 Å². The van der Waals surface area contributed by atoms with Crippen molar-refractivity contribution in [3.05, 3.63) is 53.7 Å². The number of hydrogen-bond donors (Lipinski definition) is 1. The Bertz CT molecular complexity index is 914. The van der Waals surface area contributed by atoms with Gasteiger partial charge < -0.3 is 4.74 Å². The Labute approximate surface area is 157 Å². The predicted octanol–water partition coefficient (Wildman–Crippen LogP) is 5.53. The average molecular weight is 367 g/mol. The largest absolute Gasteiger partial charge is 0.444 e. The van der Waals surface area contributed by atoms with Crippen molar-refractivity contribution in [2.75, 3.05) is 5.32 Å². The van der Waals surface area contributed by atoms with Gasteiger partial charge in [0.25, 0.3) is 0 Å². The molecule has 6 heteroatoms. The summed E-state index contributed by atoms with van der Waals surface area (Å²) in [6.07, 6.45) is 3.07. The van der Waals surface area contributed by atoms with E-state index in [1.54, 1.807) is 23.7 Å². The maximum absolute atomic E-state index is 12.0. The summed E-state index contributed by atoms with van der Waals surface area (Å²) in [6.45, 7) is 7.53. The summed E-state index contributed by atoms with van der Waals surface area (Å²) in [7, 11) is 0. The number of thiazole rings is 1. The number of pyridine rings is 1. The first kappa shape index (κ1) is 18.1. The third-order valence-electron chi connectivity index (χ3n) is 3.57. The third-order valence-corrected chi connectivity index (χ3v) is 4.45. The van der Waals surface area contributed by atoms with E-state index in [0.29, 0.717) is 5.69 Å². The van der Waals surface area contributed by atoms with Gasteiger partial charge in [0.15, 0.2) is 0 Å². The Hall–Kier alpha value is -2.73. The topological polar surface area (TPSA) is 64.1 Å². The number of carbonyl (C=O) groups is 1. The molecule has 1 N–H and O–H groups in total. The fourth-order valence-electron chi connectivity index (χ4n) is 2.40. The zero-order chi connectivity index (χ0) is 18.7. The molecule has 0 radical (unpaired) electrons. The minimum atomic E-state index is -0.536. The molecule has 2 aromatic heterocycles. The Morgan fingerprint density at radius 3 is 2.73 bits per heavy atom. The highest BCUT2D eigenvalue weighted by molar-refractivity contribution is 7.13. The first-order valence-corrected chi connectivity index (χ1v) is 9.17. The van der Waals surface area contributed by atoms with Crippen molar-refractivity contribution in [2.45, 2.75) is 33.3 Å². The quantitative estimate of drug-likeness (QED) is 0.661. The molecular weight excluding hydrogens is 346 g/mol. The SMILES string of the molecule is Cc1ccc(NC(=O)OC(C)(C)C)cc1-c1nc(-c2cccnc2)cs1. The number of ether oxygens (including phenoxy) is 1. The van der Waals surface area contributed by atoms with Gasteiger partial charge in [0, 0.05) is 34.6 Å². The van der Waals surface area contributed by atoms with Crippen molar-refractivity contribution in [3.63, 3.8) is 0 Å². The van der Waals surface area contributed by atoms with Crippen LogP contribution in [-0.4, -0.2) is 21.7 Å². The Kier molecular flexibility index (Phi) is 5.04. The van der Waals surface area contributed by atoms with E-state index in [1.165, 1.54) is 0 Å². The highest BCUT2D eigenvalue weighted by atomic mass is 32.1. The van der Waals surface area contributed by atoms with Crippen LogP contribution in [0.4, 0.5) is 10.5 Å². The summed E-state index contributed by atoms with van der Waals surface area (Å²) in [4.78, 5) is 20.9. The van der Waals surface area contributed by atoms with Gasteiger partial charge in [0.05, 0.1) is 5.69 Å². The fraction of sp³-hybridized carbons (Fsp3) is 0.250. The van der Waals surface area contributed by atoms with Gasteiger partial charge in [-0.25, -0.2) is 9.78 Å². The molecule has 3 aromatic rings. The lowest BCUT2D eigenvalue weighted by atomic mass is 10.1. The van der Waals surface area contributed by atoms with Gasteiger partial charge in [0.1, 0.15) is 10.6 Å². The van der Waals surface area contributed by atoms with Crippen molar-refractivity contribution in [2.24, 2.45) is 0 Å². The van der Waals surface area contributed by atoms with Gasteiger partial charge in [0.2, 0.25) is 0 Å². The third kappa shape index (κ3) is 4.46. The molecule has 134 valence electrons. The number of amides is 1. The van der Waals surface area contributed by atoms with E-state index < -0.39 is 11.7 Å². The van der Waals surface area contributed by atoms with E-state index in [9.17, 15) is 4.79 Å². The van der Waals surface area contributed by atoms with Crippen molar-refractivity contribution in [1.29, 1.82) is 0 Å². The number of nitrogens with one attached hydrogen (secondary N) is 1. The zero-order valence-corrected chi connectivity index (χ0v) is 16.1. The smallest absolute Gasteiger partial charge is 0.412 e. The average Bonchev–Trinajstić information content (AvgIpc) is 3.05. The maximum atomic E-state index is 12.0. The minimum absolute atomic E-state index is 0.470. The molecule has 0 aliphatic rings. The van der Waals surface area contributed by atoms with E-state index in [1.807, 2.05) is 63.4 Å². The number of carbonyl (C=O) groups excluding carboxylic acids is 1. The second-order valence-corrected chi connectivity index (χ2v) is 7.79. The summed E-state index contributed by atoms with van der Waals surface area (Å²) in [5, 5.41) is 5.69. The van der Waals surface area contributed by atoms with Crippen LogP contribution in [0.1, 0.15) is 26.3 Å². The fourth-order valence-corrected chi connectivity index (χ4v) is 3.31. The van der Waals surface area contributed by atoms with Crippen LogP contribution in [0, 0.1) is 6.92 Å². The number of aromatic nitrogens is 2. The van der Waals surface area contributed by atoms with E-state index >= 15 is 0 Å². The van der Waals surface area contributed by atoms with Crippen LogP contribution in [0.5, 0.6) is 0 Å². The maximum Gasteiger partial charge on any atom is 0.412 e. The van der Waals surface area contributed by atoms with Gasteiger partial charge in [-0.15, -0.1) is 11.3 Å². The molecule has 1 aromatic carbocycles. The lowest BCUT2D eigenvalue weighted by Crippen LogP contribution is -2.27. The van der Waals surface area contributed by atoms with E-state index in [-0.39, 0.29) is 0 Å². The second kappa shape index (κ2) is 7.25. The molecule has 0 atom stereocenters. The molecule has 0 unspecified atom stereocenters. The number of anilines is 1. The predicted molar refractivity (Wildman–Crippen MR) is 105 cm³/mol. The van der Waals surface area contributed by atoms with Crippen LogP contribution >= 0.6 is 11.3 Å². The number of benzene rings is 1. The van der Waals surface area contributed by atoms with Crippen LogP contribution in [-0.2, 0) is 4.74 Å². The lowest BCUT2D eigenvalue weighted by molar-refractivity contribution is 0.0636. The Balaban J connectivity index is 1.85. The molecular formula is C20H21N3O2S. The molecule has 0 fully saturated rings. The Morgan fingerprint density at radius 1 is 1.23 bits per heavy atom. The van der Waals surface area contributed by atoms with E-state index in [0.717, 1.165) is 27.4 Å². The van der Waals surface area contributed by atoms with Crippen LogP contribution < -0.4 is 5.32 Å². The minimum Gasteiger partial charge on any atom is -0.444 e. The molecule has 0 saturated carbocycles. The molecule has 0 aliphatic carbocycles. The highest BCUT2D eigenvalue weighted by Crippen LogP contribution is 2.32. The van der Waals surface area contributed by atoms with Crippen LogP contribution in [0.3, 0.4) is 0 Å². The van der Waals surface area contributed by atoms with Crippen LogP contribution in [0.15, 0.2) is 48.1 Å². The molecule has 5 nitrogen and oxygen atoms in total. The molecule has 0 spiro atoms. The first-order valence-electron chi connectivity index (χ1n) is 8.29. The van der Waals surface area contributed by atoms with Gasteiger partial charge in [-0.1, -0.05) is 6.07 Å². The van der Waals surface area contributed by atoms with Gasteiger partial charge >= 0.3 is 6.09 Å². The zero-order valence-electron chi connectivity index (χ0n) is 15.2. The molecule has 0 bridgehead atoms. The summed E-state index contributed by atoms with van der Waals surface area (Å²) in [5.74, 6) is 0. The van der Waals surface area contributed by atoms with Crippen molar-refractivity contribution >= 4 is 23.1 Å². The van der Waals surface area contributed by atoms with E-state index in [2.05, 4.69) is 10.3 Å². The molecule has 0 saturated heterocycles. The van der Waals surface area contributed by atoms with Gasteiger partial charge in [-0.05, 0) is 57.5 Å². The summed E-state index contributed by atoms with van der Waals surface area (Å²) in [5.41, 5.74) is 4.09. The number of nitrogens with zero attached hydrogens (tertiary/aromatic N) is 2. The van der Waals surface area contributed by atoms with Crippen molar-refractivity contribution in [1.82, 2.24) is 9.97 Å². The number of aryl methyl sites for hydroxylation is 1. The molecule has 26 heavy (non-hydrogen) atoms.